The average Bonchev–Trinajstić information content (AvgIpc) is 3.09. The van der Waals surface area contributed by atoms with E-state index in [0.29, 0.717) is 17.4 Å². The van der Waals surface area contributed by atoms with Crippen LogP contribution in [0, 0.1) is 0 Å². The van der Waals surface area contributed by atoms with Gasteiger partial charge in [-0.25, -0.2) is 0 Å². The molecule has 0 aromatic heterocycles. The molecule has 304 valence electrons. The molecule has 0 radical (unpaired) electrons. The van der Waals surface area contributed by atoms with Crippen molar-refractivity contribution in [2.75, 3.05) is 47.5 Å². The van der Waals surface area contributed by atoms with E-state index >= 15 is 0 Å². The maximum atomic E-state index is 12.6. The number of likely N-dealkylation sites (N-methyl/N-ethyl adjacent to an activating group) is 1. The molecule has 10 heteroatoms. The molecule has 0 aliphatic heterocycles. The summed E-state index contributed by atoms with van der Waals surface area (Å²) in [5, 5.41) is 0. The topological polar surface area (TPSA) is 111 Å². The van der Waals surface area contributed by atoms with Crippen LogP contribution >= 0.6 is 7.82 Å². The number of rotatable bonds is 37. The van der Waals surface area contributed by atoms with Crippen LogP contribution in [-0.4, -0.2) is 70.0 Å². The summed E-state index contributed by atoms with van der Waals surface area (Å²) in [6.45, 7) is 4.09. The number of phosphoric acid groups is 1. The first-order valence-corrected chi connectivity index (χ1v) is 22.2. The van der Waals surface area contributed by atoms with Crippen molar-refractivity contribution < 1.29 is 42.1 Å². The molecule has 0 amide bonds. The summed E-state index contributed by atoms with van der Waals surface area (Å²) in [4.78, 5) is 37.4. The molecule has 0 fully saturated rings. The maximum absolute atomic E-state index is 12.6. The lowest BCUT2D eigenvalue weighted by molar-refractivity contribution is -0.870. The Labute approximate surface area is 319 Å². The molecule has 0 aliphatic rings. The molecule has 0 N–H and O–H groups in total. The third kappa shape index (κ3) is 38.0. The van der Waals surface area contributed by atoms with Gasteiger partial charge in [-0.2, -0.15) is 0 Å². The van der Waals surface area contributed by atoms with Crippen molar-refractivity contribution in [1.29, 1.82) is 0 Å². The monoisotopic (exact) mass is 756 g/mol. The minimum absolute atomic E-state index is 0.0326. The van der Waals surface area contributed by atoms with Crippen LogP contribution in [0.3, 0.4) is 0 Å². The molecule has 0 aromatic rings. The van der Waals surface area contributed by atoms with Crippen molar-refractivity contribution in [2.45, 2.75) is 174 Å². The van der Waals surface area contributed by atoms with Crippen molar-refractivity contribution in [3.63, 3.8) is 0 Å². The van der Waals surface area contributed by atoms with Crippen molar-refractivity contribution in [1.82, 2.24) is 0 Å². The maximum Gasteiger partial charge on any atom is 0.306 e. The van der Waals surface area contributed by atoms with Gasteiger partial charge in [-0.1, -0.05) is 147 Å². The summed E-state index contributed by atoms with van der Waals surface area (Å²) in [5.74, 6) is -0.846. The predicted molar refractivity (Wildman–Crippen MR) is 213 cm³/mol. The molecule has 0 aromatic carbocycles. The third-order valence-electron chi connectivity index (χ3n) is 8.67. The van der Waals surface area contributed by atoms with E-state index in [-0.39, 0.29) is 32.0 Å². The summed E-state index contributed by atoms with van der Waals surface area (Å²) in [6, 6.07) is 0. The van der Waals surface area contributed by atoms with Gasteiger partial charge >= 0.3 is 11.9 Å². The molecule has 52 heavy (non-hydrogen) atoms. The first-order chi connectivity index (χ1) is 25.0. The first-order valence-electron chi connectivity index (χ1n) is 20.7. The molecule has 0 saturated heterocycles. The standard InChI is InChI=1S/C42H78NO8P/c1-6-8-10-12-14-16-18-19-20-21-22-23-25-27-29-31-33-35-42(45)51-40(39-50-52(46,47)49-37-36-43(3,4)5)38-48-41(44)34-32-30-28-26-24-17-15-13-11-9-7-2/h8,10,14,16,19-20,40H,6-7,9,11-13,15,17-18,21-39H2,1-5H3/b10-8-,16-14-,20-19-. The van der Waals surface area contributed by atoms with Crippen molar-refractivity contribution in [3.8, 4) is 0 Å². The molecule has 0 rings (SSSR count). The van der Waals surface area contributed by atoms with E-state index in [9.17, 15) is 19.0 Å². The number of phosphoric ester groups is 1. The Morgan fingerprint density at radius 3 is 1.63 bits per heavy atom. The number of hydrogen-bond donors (Lipinski definition) is 0. The Hall–Kier alpha value is -1.77. The quantitative estimate of drug-likeness (QED) is 0.0203. The normalized spacial score (nSPS) is 14.0. The Morgan fingerprint density at radius 1 is 0.615 bits per heavy atom. The van der Waals surface area contributed by atoms with E-state index in [1.807, 2.05) is 21.1 Å². The molecule has 0 bridgehead atoms. The lowest BCUT2D eigenvalue weighted by atomic mass is 10.1. The number of unbranched alkanes of at least 4 members (excludes halogenated alkanes) is 17. The van der Waals surface area contributed by atoms with Crippen LogP contribution in [0.25, 0.3) is 0 Å². The zero-order valence-electron chi connectivity index (χ0n) is 34.0. The van der Waals surface area contributed by atoms with Gasteiger partial charge in [0, 0.05) is 12.8 Å². The van der Waals surface area contributed by atoms with E-state index in [2.05, 4.69) is 50.3 Å². The SMILES string of the molecule is CC/C=C\C/C=C\C/C=C\CCCCCCCCCC(=O)OC(COC(=O)CCCCCCCCCCCCC)COP(=O)([O-])OCC[N+](C)(C)C. The fourth-order valence-corrected chi connectivity index (χ4v) is 6.16. The minimum Gasteiger partial charge on any atom is -0.756 e. The van der Waals surface area contributed by atoms with E-state index in [1.165, 1.54) is 70.6 Å². The van der Waals surface area contributed by atoms with Crippen LogP contribution in [0.15, 0.2) is 36.5 Å². The molecule has 2 atom stereocenters. The molecule has 0 saturated carbocycles. The zero-order valence-corrected chi connectivity index (χ0v) is 34.9. The first kappa shape index (κ1) is 50.2. The number of carbonyl (C=O) groups excluding carboxylic acids is 2. The molecule has 9 nitrogen and oxygen atoms in total. The highest BCUT2D eigenvalue weighted by atomic mass is 31.2. The summed E-state index contributed by atoms with van der Waals surface area (Å²) in [6.07, 6.45) is 37.4. The van der Waals surface area contributed by atoms with Gasteiger partial charge in [0.2, 0.25) is 0 Å². The van der Waals surface area contributed by atoms with Crippen molar-refractivity contribution in [2.24, 2.45) is 0 Å². The Bertz CT molecular complexity index is 991. The second kappa shape index (κ2) is 35.0. The number of allylic oxidation sites excluding steroid dienone is 6. The summed E-state index contributed by atoms with van der Waals surface area (Å²) >= 11 is 0. The number of esters is 2. The Balaban J connectivity index is 4.39. The van der Waals surface area contributed by atoms with Gasteiger partial charge in [0.1, 0.15) is 19.8 Å². The largest absolute Gasteiger partial charge is 0.756 e. The second-order valence-corrected chi connectivity index (χ2v) is 16.4. The third-order valence-corrected chi connectivity index (χ3v) is 9.64. The molecular weight excluding hydrogens is 677 g/mol. The lowest BCUT2D eigenvalue weighted by Gasteiger charge is -2.28. The Morgan fingerprint density at radius 2 is 1.10 bits per heavy atom. The predicted octanol–water partition coefficient (Wildman–Crippen LogP) is 10.7. The lowest BCUT2D eigenvalue weighted by Crippen LogP contribution is -2.37. The molecule has 0 heterocycles. The van der Waals surface area contributed by atoms with Gasteiger partial charge < -0.3 is 27.9 Å². The van der Waals surface area contributed by atoms with Gasteiger partial charge in [-0.15, -0.1) is 0 Å². The fourth-order valence-electron chi connectivity index (χ4n) is 5.43. The van der Waals surface area contributed by atoms with Crippen molar-refractivity contribution >= 4 is 19.8 Å². The van der Waals surface area contributed by atoms with Crippen LogP contribution in [0.1, 0.15) is 168 Å². The summed E-state index contributed by atoms with van der Waals surface area (Å²) < 4.78 is 33.8. The van der Waals surface area contributed by atoms with Crippen LogP contribution in [-0.2, 0) is 32.7 Å². The number of ether oxygens (including phenoxy) is 2. The molecule has 0 aliphatic carbocycles. The number of carbonyl (C=O) groups is 2. The highest BCUT2D eigenvalue weighted by molar-refractivity contribution is 7.45. The summed E-state index contributed by atoms with van der Waals surface area (Å²) in [5.41, 5.74) is 0. The highest BCUT2D eigenvalue weighted by Gasteiger charge is 2.21. The number of quaternary nitrogens is 1. The van der Waals surface area contributed by atoms with E-state index in [0.717, 1.165) is 64.2 Å². The number of hydrogen-bond acceptors (Lipinski definition) is 8. The summed E-state index contributed by atoms with van der Waals surface area (Å²) in [7, 11) is 1.16. The van der Waals surface area contributed by atoms with Crippen LogP contribution in [0.4, 0.5) is 0 Å². The van der Waals surface area contributed by atoms with Gasteiger partial charge in [0.25, 0.3) is 7.82 Å². The van der Waals surface area contributed by atoms with E-state index < -0.39 is 26.5 Å². The van der Waals surface area contributed by atoms with E-state index in [4.69, 9.17) is 18.5 Å². The highest BCUT2D eigenvalue weighted by Crippen LogP contribution is 2.38. The average molecular weight is 756 g/mol. The Kier molecular flexibility index (Phi) is 33.8. The van der Waals surface area contributed by atoms with E-state index in [1.54, 1.807) is 0 Å². The minimum atomic E-state index is -4.62. The second-order valence-electron chi connectivity index (χ2n) is 15.0. The molecule has 2 unspecified atom stereocenters. The van der Waals surface area contributed by atoms with Crippen LogP contribution < -0.4 is 4.89 Å². The van der Waals surface area contributed by atoms with Gasteiger partial charge in [0.05, 0.1) is 27.7 Å². The number of nitrogens with zero attached hydrogens (tertiary/aromatic N) is 1. The smallest absolute Gasteiger partial charge is 0.306 e. The van der Waals surface area contributed by atoms with Gasteiger partial charge in [-0.3, -0.25) is 14.2 Å². The van der Waals surface area contributed by atoms with Crippen LogP contribution in [0.2, 0.25) is 0 Å². The molecule has 0 spiro atoms. The van der Waals surface area contributed by atoms with Crippen molar-refractivity contribution in [3.05, 3.63) is 36.5 Å². The zero-order chi connectivity index (χ0) is 38.6. The van der Waals surface area contributed by atoms with Gasteiger partial charge in [0.15, 0.2) is 6.10 Å². The fraction of sp³-hybridized carbons (Fsp3) is 0.810. The molecular formula is C42H78NO8P. The van der Waals surface area contributed by atoms with Gasteiger partial charge in [-0.05, 0) is 44.9 Å². The van der Waals surface area contributed by atoms with Crippen LogP contribution in [0.5, 0.6) is 0 Å².